The number of carbonyl (C=O) groups is 1. The van der Waals surface area contributed by atoms with E-state index < -0.39 is 5.41 Å². The fourth-order valence-electron chi connectivity index (χ4n) is 3.64. The summed E-state index contributed by atoms with van der Waals surface area (Å²) < 4.78 is 5.40. The Balaban J connectivity index is 1.73. The molecule has 2 aromatic carbocycles. The Morgan fingerprint density at radius 3 is 2.33 bits per heavy atom. The van der Waals surface area contributed by atoms with Gasteiger partial charge in [0, 0.05) is 5.54 Å². The molecule has 1 fully saturated rings. The molecule has 3 heteroatoms. The molecule has 0 radical (unpaired) electrons. The SMILES string of the molecule is CCOC(=O)C1(c2ccccc2)CC1(C)NCCc1ccccc1. The van der Waals surface area contributed by atoms with Crippen LogP contribution in [0.3, 0.4) is 0 Å². The molecule has 2 unspecified atom stereocenters. The van der Waals surface area contributed by atoms with Gasteiger partial charge in [0.1, 0.15) is 5.41 Å². The minimum absolute atomic E-state index is 0.120. The van der Waals surface area contributed by atoms with Gasteiger partial charge in [-0.15, -0.1) is 0 Å². The molecule has 0 spiro atoms. The topological polar surface area (TPSA) is 38.3 Å². The number of carbonyl (C=O) groups excluding carboxylic acids is 1. The number of esters is 1. The molecular weight excluding hydrogens is 298 g/mol. The maximum atomic E-state index is 12.7. The molecular formula is C21H25NO2. The third-order valence-electron chi connectivity index (χ3n) is 5.10. The first-order chi connectivity index (χ1) is 11.6. The van der Waals surface area contributed by atoms with Crippen LogP contribution in [0.4, 0.5) is 0 Å². The highest BCUT2D eigenvalue weighted by Crippen LogP contribution is 2.58. The number of hydrogen-bond acceptors (Lipinski definition) is 3. The summed E-state index contributed by atoms with van der Waals surface area (Å²) in [7, 11) is 0. The lowest BCUT2D eigenvalue weighted by Gasteiger charge is -2.23. The highest BCUT2D eigenvalue weighted by molar-refractivity contribution is 5.90. The maximum Gasteiger partial charge on any atom is 0.318 e. The first kappa shape index (κ1) is 16.7. The van der Waals surface area contributed by atoms with Crippen LogP contribution in [0.2, 0.25) is 0 Å². The molecule has 0 saturated heterocycles. The molecule has 1 saturated carbocycles. The normalized spacial score (nSPS) is 25.2. The number of ether oxygens (including phenoxy) is 1. The number of benzene rings is 2. The minimum atomic E-state index is -0.568. The van der Waals surface area contributed by atoms with E-state index in [9.17, 15) is 4.79 Å². The van der Waals surface area contributed by atoms with Crippen LogP contribution in [0.25, 0.3) is 0 Å². The Kier molecular flexibility index (Phi) is 4.72. The van der Waals surface area contributed by atoms with Crippen molar-refractivity contribution in [2.75, 3.05) is 13.2 Å². The van der Waals surface area contributed by atoms with E-state index in [0.29, 0.717) is 6.61 Å². The lowest BCUT2D eigenvalue weighted by Crippen LogP contribution is -2.42. The van der Waals surface area contributed by atoms with Gasteiger partial charge in [-0.05, 0) is 44.4 Å². The van der Waals surface area contributed by atoms with Gasteiger partial charge in [0.15, 0.2) is 0 Å². The largest absolute Gasteiger partial charge is 0.465 e. The zero-order chi connectivity index (χ0) is 17.0. The summed E-state index contributed by atoms with van der Waals surface area (Å²) in [6.07, 6.45) is 1.72. The highest BCUT2D eigenvalue weighted by atomic mass is 16.5. The van der Waals surface area contributed by atoms with Gasteiger partial charge in [0.2, 0.25) is 0 Å². The Labute approximate surface area is 144 Å². The first-order valence-corrected chi connectivity index (χ1v) is 8.64. The molecule has 126 valence electrons. The Hall–Kier alpha value is -2.13. The second-order valence-electron chi connectivity index (χ2n) is 6.66. The van der Waals surface area contributed by atoms with Gasteiger partial charge < -0.3 is 10.1 Å². The molecule has 3 nitrogen and oxygen atoms in total. The Morgan fingerprint density at radius 1 is 1.08 bits per heavy atom. The van der Waals surface area contributed by atoms with Crippen LogP contribution in [-0.2, 0) is 21.4 Å². The molecule has 1 aliphatic carbocycles. The average molecular weight is 323 g/mol. The maximum absolute atomic E-state index is 12.7. The van der Waals surface area contributed by atoms with Crippen LogP contribution >= 0.6 is 0 Å². The number of rotatable bonds is 7. The molecule has 0 heterocycles. The summed E-state index contributed by atoms with van der Waals surface area (Å²) in [5, 5.41) is 3.61. The molecule has 0 aromatic heterocycles. The van der Waals surface area contributed by atoms with Crippen LogP contribution in [0, 0.1) is 0 Å². The second-order valence-corrected chi connectivity index (χ2v) is 6.66. The molecule has 0 aliphatic heterocycles. The third kappa shape index (κ3) is 2.96. The fourth-order valence-corrected chi connectivity index (χ4v) is 3.64. The van der Waals surface area contributed by atoms with E-state index in [1.165, 1.54) is 5.56 Å². The Bertz CT molecular complexity index is 685. The van der Waals surface area contributed by atoms with E-state index in [2.05, 4.69) is 36.5 Å². The van der Waals surface area contributed by atoms with Crippen LogP contribution < -0.4 is 5.32 Å². The van der Waals surface area contributed by atoms with Gasteiger partial charge >= 0.3 is 5.97 Å². The van der Waals surface area contributed by atoms with E-state index in [1.54, 1.807) is 0 Å². The van der Waals surface area contributed by atoms with Crippen LogP contribution in [0.5, 0.6) is 0 Å². The molecule has 1 N–H and O–H groups in total. The smallest absolute Gasteiger partial charge is 0.318 e. The first-order valence-electron chi connectivity index (χ1n) is 8.64. The van der Waals surface area contributed by atoms with Crippen molar-refractivity contribution in [1.29, 1.82) is 0 Å². The summed E-state index contributed by atoms with van der Waals surface area (Å²) in [6, 6.07) is 20.4. The Morgan fingerprint density at radius 2 is 1.71 bits per heavy atom. The van der Waals surface area contributed by atoms with Crippen molar-refractivity contribution in [3.63, 3.8) is 0 Å². The molecule has 0 bridgehead atoms. The average Bonchev–Trinajstić information content (AvgIpc) is 3.24. The lowest BCUT2D eigenvalue weighted by atomic mass is 9.91. The third-order valence-corrected chi connectivity index (χ3v) is 5.10. The molecule has 1 aliphatic rings. The standard InChI is InChI=1S/C21H25NO2/c1-3-24-19(23)21(18-12-8-5-9-13-18)16-20(21,2)22-15-14-17-10-6-4-7-11-17/h4-13,22H,3,14-16H2,1-2H3. The highest BCUT2D eigenvalue weighted by Gasteiger charge is 2.70. The van der Waals surface area contributed by atoms with Gasteiger partial charge in [-0.2, -0.15) is 0 Å². The van der Waals surface area contributed by atoms with Crippen molar-refractivity contribution in [3.05, 3.63) is 71.8 Å². The summed E-state index contributed by atoms with van der Waals surface area (Å²) in [4.78, 5) is 12.7. The second kappa shape index (κ2) is 6.78. The predicted octanol–water partition coefficient (Wildman–Crippen LogP) is 3.48. The summed E-state index contributed by atoms with van der Waals surface area (Å²) in [5.74, 6) is -0.120. The monoisotopic (exact) mass is 323 g/mol. The van der Waals surface area contributed by atoms with E-state index in [-0.39, 0.29) is 11.5 Å². The van der Waals surface area contributed by atoms with Crippen LogP contribution in [0.1, 0.15) is 31.4 Å². The van der Waals surface area contributed by atoms with E-state index >= 15 is 0 Å². The molecule has 24 heavy (non-hydrogen) atoms. The van der Waals surface area contributed by atoms with Crippen LogP contribution in [0.15, 0.2) is 60.7 Å². The predicted molar refractivity (Wildman–Crippen MR) is 95.9 cm³/mol. The summed E-state index contributed by atoms with van der Waals surface area (Å²) in [5.41, 5.74) is 1.52. The lowest BCUT2D eigenvalue weighted by molar-refractivity contribution is -0.147. The quantitative estimate of drug-likeness (QED) is 0.793. The molecule has 0 amide bonds. The summed E-state index contributed by atoms with van der Waals surface area (Å²) >= 11 is 0. The van der Waals surface area contributed by atoms with Gasteiger partial charge in [-0.3, -0.25) is 4.79 Å². The summed E-state index contributed by atoms with van der Waals surface area (Å²) in [6.45, 7) is 5.24. The number of hydrogen-bond donors (Lipinski definition) is 1. The number of nitrogens with one attached hydrogen (secondary N) is 1. The van der Waals surface area contributed by atoms with Gasteiger partial charge in [-0.25, -0.2) is 0 Å². The van der Waals surface area contributed by atoms with E-state index in [0.717, 1.165) is 24.9 Å². The van der Waals surface area contributed by atoms with Gasteiger partial charge in [0.25, 0.3) is 0 Å². The zero-order valence-electron chi connectivity index (χ0n) is 14.4. The van der Waals surface area contributed by atoms with Crippen molar-refractivity contribution in [3.8, 4) is 0 Å². The van der Waals surface area contributed by atoms with Crippen molar-refractivity contribution in [2.45, 2.75) is 37.6 Å². The zero-order valence-corrected chi connectivity index (χ0v) is 14.4. The van der Waals surface area contributed by atoms with Crippen LogP contribution in [-0.4, -0.2) is 24.7 Å². The van der Waals surface area contributed by atoms with Crippen molar-refractivity contribution in [1.82, 2.24) is 5.32 Å². The molecule has 2 atom stereocenters. The van der Waals surface area contributed by atoms with Crippen molar-refractivity contribution in [2.24, 2.45) is 0 Å². The van der Waals surface area contributed by atoms with Crippen molar-refractivity contribution >= 4 is 5.97 Å². The van der Waals surface area contributed by atoms with Gasteiger partial charge in [-0.1, -0.05) is 60.7 Å². The fraction of sp³-hybridized carbons (Fsp3) is 0.381. The minimum Gasteiger partial charge on any atom is -0.465 e. The van der Waals surface area contributed by atoms with Gasteiger partial charge in [0.05, 0.1) is 6.61 Å². The van der Waals surface area contributed by atoms with E-state index in [1.807, 2.05) is 43.3 Å². The van der Waals surface area contributed by atoms with E-state index in [4.69, 9.17) is 4.74 Å². The molecule has 2 aromatic rings. The van der Waals surface area contributed by atoms with Crippen molar-refractivity contribution < 1.29 is 9.53 Å². The molecule has 3 rings (SSSR count).